The number of carbonyl (C=O) groups is 1. The first-order chi connectivity index (χ1) is 15.3. The SMILES string of the molecule is CNC(=O)c1cnc2[nH]ccc2c1NC1CCN(Cc2ccc(C(F)(F)F)cc2)C(C)C1. The predicted octanol–water partition coefficient (Wildman–Crippen LogP) is 4.41. The van der Waals surface area contributed by atoms with Crippen molar-refractivity contribution in [2.45, 2.75) is 44.6 Å². The molecule has 1 aliphatic heterocycles. The van der Waals surface area contributed by atoms with Gasteiger partial charge < -0.3 is 15.6 Å². The summed E-state index contributed by atoms with van der Waals surface area (Å²) in [6.45, 7) is 3.53. The molecule has 1 fully saturated rings. The molecule has 4 rings (SSSR count). The maximum Gasteiger partial charge on any atom is 0.416 e. The van der Waals surface area contributed by atoms with Crippen LogP contribution in [0.15, 0.2) is 42.7 Å². The van der Waals surface area contributed by atoms with Gasteiger partial charge in [0.2, 0.25) is 0 Å². The molecule has 2 atom stereocenters. The maximum absolute atomic E-state index is 12.8. The number of fused-ring (bicyclic) bond motifs is 1. The molecule has 0 bridgehead atoms. The predicted molar refractivity (Wildman–Crippen MR) is 117 cm³/mol. The van der Waals surface area contributed by atoms with E-state index in [2.05, 4.69) is 32.4 Å². The van der Waals surface area contributed by atoms with E-state index in [-0.39, 0.29) is 18.0 Å². The van der Waals surface area contributed by atoms with Crippen molar-refractivity contribution in [3.8, 4) is 0 Å². The Labute approximate surface area is 184 Å². The highest BCUT2D eigenvalue weighted by Crippen LogP contribution is 2.31. The van der Waals surface area contributed by atoms with Gasteiger partial charge in [-0.15, -0.1) is 0 Å². The fourth-order valence-electron chi connectivity index (χ4n) is 4.29. The lowest BCUT2D eigenvalue weighted by Crippen LogP contribution is -2.44. The Morgan fingerprint density at radius 2 is 2.00 bits per heavy atom. The molecule has 6 nitrogen and oxygen atoms in total. The zero-order valence-corrected chi connectivity index (χ0v) is 18.0. The highest BCUT2D eigenvalue weighted by atomic mass is 19.4. The van der Waals surface area contributed by atoms with Crippen molar-refractivity contribution in [3.63, 3.8) is 0 Å². The van der Waals surface area contributed by atoms with Crippen LogP contribution in [0.3, 0.4) is 0 Å². The van der Waals surface area contributed by atoms with Crippen LogP contribution in [-0.2, 0) is 12.7 Å². The van der Waals surface area contributed by atoms with Crippen molar-refractivity contribution in [1.29, 1.82) is 0 Å². The average Bonchev–Trinajstić information content (AvgIpc) is 3.24. The van der Waals surface area contributed by atoms with Crippen LogP contribution in [0.25, 0.3) is 11.0 Å². The van der Waals surface area contributed by atoms with Gasteiger partial charge in [0.15, 0.2) is 0 Å². The largest absolute Gasteiger partial charge is 0.416 e. The van der Waals surface area contributed by atoms with E-state index >= 15 is 0 Å². The monoisotopic (exact) mass is 445 g/mol. The number of halogens is 3. The Morgan fingerprint density at radius 1 is 1.25 bits per heavy atom. The number of benzene rings is 1. The summed E-state index contributed by atoms with van der Waals surface area (Å²) in [4.78, 5) is 22.0. The van der Waals surface area contributed by atoms with E-state index in [0.717, 1.165) is 48.2 Å². The number of piperidine rings is 1. The molecule has 32 heavy (non-hydrogen) atoms. The minimum absolute atomic E-state index is 0.165. The highest BCUT2D eigenvalue weighted by molar-refractivity contribution is 6.06. The van der Waals surface area contributed by atoms with Gasteiger partial charge in [-0.25, -0.2) is 4.98 Å². The second kappa shape index (κ2) is 8.82. The van der Waals surface area contributed by atoms with Crippen molar-refractivity contribution in [3.05, 3.63) is 59.4 Å². The first-order valence-corrected chi connectivity index (χ1v) is 10.6. The van der Waals surface area contributed by atoms with E-state index in [4.69, 9.17) is 0 Å². The molecule has 1 amide bonds. The number of amides is 1. The van der Waals surface area contributed by atoms with Gasteiger partial charge in [0, 0.05) is 50.0 Å². The van der Waals surface area contributed by atoms with Crippen LogP contribution in [0.4, 0.5) is 18.9 Å². The molecule has 170 valence electrons. The van der Waals surface area contributed by atoms with E-state index in [1.165, 1.54) is 0 Å². The normalized spacial score (nSPS) is 19.8. The van der Waals surface area contributed by atoms with Gasteiger partial charge in [0.1, 0.15) is 5.65 Å². The zero-order valence-electron chi connectivity index (χ0n) is 18.0. The molecule has 3 aromatic rings. The topological polar surface area (TPSA) is 73.0 Å². The first-order valence-electron chi connectivity index (χ1n) is 10.6. The van der Waals surface area contributed by atoms with Gasteiger partial charge in [-0.1, -0.05) is 12.1 Å². The molecule has 1 aliphatic rings. The Bertz CT molecular complexity index is 1090. The van der Waals surface area contributed by atoms with Crippen LogP contribution in [0.5, 0.6) is 0 Å². The number of nitrogens with zero attached hydrogens (tertiary/aromatic N) is 2. The molecule has 0 spiro atoms. The Kier molecular flexibility index (Phi) is 6.10. The number of carbonyl (C=O) groups excluding carboxylic acids is 1. The third-order valence-corrected chi connectivity index (χ3v) is 6.09. The van der Waals surface area contributed by atoms with Crippen molar-refractivity contribution < 1.29 is 18.0 Å². The third kappa shape index (κ3) is 4.57. The van der Waals surface area contributed by atoms with Crippen LogP contribution in [0.1, 0.15) is 41.3 Å². The summed E-state index contributed by atoms with van der Waals surface area (Å²) in [6.07, 6.45) is 0.755. The summed E-state index contributed by atoms with van der Waals surface area (Å²) in [5.41, 5.74) is 2.22. The minimum atomic E-state index is -4.32. The number of alkyl halides is 3. The number of aromatic amines is 1. The van der Waals surface area contributed by atoms with Crippen molar-refractivity contribution in [2.75, 3.05) is 18.9 Å². The summed E-state index contributed by atoms with van der Waals surface area (Å²) < 4.78 is 38.4. The van der Waals surface area contributed by atoms with Crippen molar-refractivity contribution >= 4 is 22.6 Å². The molecule has 0 radical (unpaired) electrons. The molecule has 0 saturated carbocycles. The molecule has 3 heterocycles. The Morgan fingerprint density at radius 3 is 2.66 bits per heavy atom. The lowest BCUT2D eigenvalue weighted by molar-refractivity contribution is -0.137. The first kappa shape index (κ1) is 22.1. The van der Waals surface area contributed by atoms with Gasteiger partial charge in [0.25, 0.3) is 5.91 Å². The number of nitrogens with one attached hydrogen (secondary N) is 3. The van der Waals surface area contributed by atoms with Crippen LogP contribution in [0.2, 0.25) is 0 Å². The van der Waals surface area contributed by atoms with Crippen molar-refractivity contribution in [2.24, 2.45) is 0 Å². The summed E-state index contributed by atoms with van der Waals surface area (Å²) in [5.74, 6) is -0.198. The quantitative estimate of drug-likeness (QED) is 0.544. The number of likely N-dealkylation sites (tertiary alicyclic amines) is 1. The summed E-state index contributed by atoms with van der Waals surface area (Å²) >= 11 is 0. The number of aromatic nitrogens is 2. The average molecular weight is 445 g/mol. The second-order valence-corrected chi connectivity index (χ2v) is 8.25. The van der Waals surface area contributed by atoms with Crippen LogP contribution < -0.4 is 10.6 Å². The zero-order chi connectivity index (χ0) is 22.9. The molecule has 2 aromatic heterocycles. The summed E-state index contributed by atoms with van der Waals surface area (Å²) in [6, 6.07) is 7.68. The maximum atomic E-state index is 12.8. The van der Waals surface area contributed by atoms with E-state index in [1.54, 1.807) is 31.6 Å². The number of hydrogen-bond donors (Lipinski definition) is 3. The van der Waals surface area contributed by atoms with E-state index < -0.39 is 11.7 Å². The van der Waals surface area contributed by atoms with Gasteiger partial charge in [-0.3, -0.25) is 9.69 Å². The standard InChI is InChI=1S/C23H26F3N5O/c1-14-11-17(8-10-31(14)13-15-3-5-16(6-4-15)23(24,25)26)30-20-18-7-9-28-21(18)29-12-19(20)22(32)27-2/h3-7,9,12,14,17H,8,10-11,13H2,1-2H3,(H,27,32)(H2,28,29,30). The van der Waals surface area contributed by atoms with Gasteiger partial charge in [-0.05, 0) is 43.5 Å². The van der Waals surface area contributed by atoms with E-state index in [0.29, 0.717) is 17.8 Å². The molecular formula is C23H26F3N5O. The van der Waals surface area contributed by atoms with Crippen LogP contribution in [-0.4, -0.2) is 46.5 Å². The Balaban J connectivity index is 1.44. The molecule has 2 unspecified atom stereocenters. The number of rotatable bonds is 5. The number of anilines is 1. The highest BCUT2D eigenvalue weighted by Gasteiger charge is 2.31. The molecule has 0 aliphatic carbocycles. The number of H-pyrrole nitrogens is 1. The van der Waals surface area contributed by atoms with Crippen molar-refractivity contribution in [1.82, 2.24) is 20.2 Å². The second-order valence-electron chi connectivity index (χ2n) is 8.25. The van der Waals surface area contributed by atoms with Gasteiger partial charge in [0.05, 0.1) is 16.8 Å². The fraction of sp³-hybridized carbons (Fsp3) is 0.391. The third-order valence-electron chi connectivity index (χ3n) is 6.09. The van der Waals surface area contributed by atoms with E-state index in [9.17, 15) is 18.0 Å². The van der Waals surface area contributed by atoms with Gasteiger partial charge in [-0.2, -0.15) is 13.2 Å². The molecule has 9 heteroatoms. The minimum Gasteiger partial charge on any atom is -0.381 e. The number of hydrogen-bond acceptors (Lipinski definition) is 4. The molecular weight excluding hydrogens is 419 g/mol. The summed E-state index contributed by atoms with van der Waals surface area (Å²) in [7, 11) is 1.59. The lowest BCUT2D eigenvalue weighted by atomic mass is 9.96. The van der Waals surface area contributed by atoms with Gasteiger partial charge >= 0.3 is 6.18 Å². The Hall–Kier alpha value is -3.07. The fourth-order valence-corrected chi connectivity index (χ4v) is 4.29. The molecule has 3 N–H and O–H groups in total. The molecule has 1 aromatic carbocycles. The lowest BCUT2D eigenvalue weighted by Gasteiger charge is -2.38. The smallest absolute Gasteiger partial charge is 0.381 e. The van der Waals surface area contributed by atoms with Crippen LogP contribution >= 0.6 is 0 Å². The van der Waals surface area contributed by atoms with Crippen LogP contribution in [0, 0.1) is 0 Å². The molecule has 1 saturated heterocycles. The van der Waals surface area contributed by atoms with E-state index in [1.807, 2.05) is 6.07 Å². The summed E-state index contributed by atoms with van der Waals surface area (Å²) in [5, 5.41) is 7.09. The number of pyridine rings is 1.